The van der Waals surface area contributed by atoms with Crippen molar-refractivity contribution in [2.75, 3.05) is 18.4 Å². The van der Waals surface area contributed by atoms with Gasteiger partial charge in [-0.25, -0.2) is 13.4 Å². The van der Waals surface area contributed by atoms with Crippen LogP contribution < -0.4 is 10.1 Å². The van der Waals surface area contributed by atoms with Crippen LogP contribution in [-0.2, 0) is 28.0 Å². The fourth-order valence-electron chi connectivity index (χ4n) is 4.21. The molecule has 1 aliphatic rings. The van der Waals surface area contributed by atoms with Crippen LogP contribution >= 0.6 is 0 Å². The molecule has 0 bridgehead atoms. The van der Waals surface area contributed by atoms with Crippen molar-refractivity contribution in [1.29, 1.82) is 0 Å². The third-order valence-corrected chi connectivity index (χ3v) is 7.90. The predicted molar refractivity (Wildman–Crippen MR) is 134 cm³/mol. The number of benzene rings is 3. The van der Waals surface area contributed by atoms with Crippen molar-refractivity contribution < 1.29 is 17.9 Å². The second-order valence-electron chi connectivity index (χ2n) is 8.39. The number of hydrogen-bond acceptors (Lipinski definition) is 5. The summed E-state index contributed by atoms with van der Waals surface area (Å²) in [6.07, 6.45) is 1.77. The quantitative estimate of drug-likeness (QED) is 0.402. The van der Waals surface area contributed by atoms with Crippen LogP contribution in [0.15, 0.2) is 83.8 Å². The molecule has 0 saturated carbocycles. The number of amides is 1. The number of nitrogens with one attached hydrogen (secondary N) is 1. The third kappa shape index (κ3) is 5.06. The van der Waals surface area contributed by atoms with Gasteiger partial charge < -0.3 is 14.6 Å². The molecule has 35 heavy (non-hydrogen) atoms. The number of anilines is 1. The van der Waals surface area contributed by atoms with Gasteiger partial charge in [-0.1, -0.05) is 30.3 Å². The highest BCUT2D eigenvalue weighted by atomic mass is 32.2. The van der Waals surface area contributed by atoms with Crippen molar-refractivity contribution >= 4 is 32.7 Å². The standard InChI is InChI=1S/C26H26N4O4S/c31-26(27-20-12-14-22(15-13-20)35(32,33)29-16-6-7-17-29)18-30-24-11-5-4-10-23(24)28-25(30)19-34-21-8-2-1-3-9-21/h1-5,8-15H,6-7,16-19H2,(H,27,31). The first kappa shape index (κ1) is 23.1. The Morgan fingerprint density at radius 3 is 2.34 bits per heavy atom. The lowest BCUT2D eigenvalue weighted by molar-refractivity contribution is -0.116. The van der Waals surface area contributed by atoms with E-state index in [1.165, 1.54) is 16.4 Å². The summed E-state index contributed by atoms with van der Waals surface area (Å²) >= 11 is 0. The fourth-order valence-corrected chi connectivity index (χ4v) is 5.73. The molecule has 0 radical (unpaired) electrons. The van der Waals surface area contributed by atoms with Crippen molar-refractivity contribution in [3.63, 3.8) is 0 Å². The molecule has 1 amide bonds. The number of aromatic nitrogens is 2. The molecule has 0 unspecified atom stereocenters. The lowest BCUT2D eigenvalue weighted by Crippen LogP contribution is -2.27. The largest absolute Gasteiger partial charge is 0.486 e. The van der Waals surface area contributed by atoms with E-state index < -0.39 is 10.0 Å². The molecule has 0 aliphatic carbocycles. The summed E-state index contributed by atoms with van der Waals surface area (Å²) in [5.41, 5.74) is 2.15. The van der Waals surface area contributed by atoms with Gasteiger partial charge in [0.1, 0.15) is 24.7 Å². The van der Waals surface area contributed by atoms with Crippen LogP contribution in [-0.4, -0.2) is 41.3 Å². The SMILES string of the molecule is O=C(Cn1c(COc2ccccc2)nc2ccccc21)Nc1ccc(S(=O)(=O)N2CCCC2)cc1. The van der Waals surface area contributed by atoms with E-state index in [0.29, 0.717) is 24.6 Å². The number of imidazole rings is 1. The molecule has 9 heteroatoms. The van der Waals surface area contributed by atoms with Crippen LogP contribution in [0.1, 0.15) is 18.7 Å². The Kier molecular flexibility index (Phi) is 6.52. The Morgan fingerprint density at radius 2 is 1.60 bits per heavy atom. The zero-order chi connectivity index (χ0) is 24.3. The van der Waals surface area contributed by atoms with Gasteiger partial charge in [-0.15, -0.1) is 0 Å². The van der Waals surface area contributed by atoms with E-state index in [-0.39, 0.29) is 24.0 Å². The average Bonchev–Trinajstić information content (AvgIpc) is 3.53. The van der Waals surface area contributed by atoms with E-state index in [1.807, 2.05) is 59.2 Å². The normalized spacial score (nSPS) is 14.3. The summed E-state index contributed by atoms with van der Waals surface area (Å²) in [7, 11) is -3.49. The highest BCUT2D eigenvalue weighted by molar-refractivity contribution is 7.89. The van der Waals surface area contributed by atoms with Gasteiger partial charge in [0.15, 0.2) is 0 Å². The van der Waals surface area contributed by atoms with Crippen LogP contribution in [0.2, 0.25) is 0 Å². The lowest BCUT2D eigenvalue weighted by atomic mass is 10.3. The summed E-state index contributed by atoms with van der Waals surface area (Å²) in [4.78, 5) is 17.8. The van der Waals surface area contributed by atoms with Crippen molar-refractivity contribution in [3.8, 4) is 5.75 Å². The summed E-state index contributed by atoms with van der Waals surface area (Å²) in [6.45, 7) is 1.36. The zero-order valence-electron chi connectivity index (χ0n) is 19.1. The van der Waals surface area contributed by atoms with E-state index in [4.69, 9.17) is 4.74 Å². The third-order valence-electron chi connectivity index (χ3n) is 5.99. The van der Waals surface area contributed by atoms with E-state index in [9.17, 15) is 13.2 Å². The van der Waals surface area contributed by atoms with Gasteiger partial charge in [-0.05, 0) is 61.4 Å². The minimum Gasteiger partial charge on any atom is -0.486 e. The second kappa shape index (κ2) is 9.89. The molecule has 0 spiro atoms. The van der Waals surface area contributed by atoms with E-state index in [1.54, 1.807) is 12.1 Å². The molecule has 1 N–H and O–H groups in total. The number of hydrogen-bond donors (Lipinski definition) is 1. The van der Waals surface area contributed by atoms with E-state index in [2.05, 4.69) is 10.3 Å². The zero-order valence-corrected chi connectivity index (χ0v) is 19.9. The fraction of sp³-hybridized carbons (Fsp3) is 0.231. The van der Waals surface area contributed by atoms with Crippen LogP contribution in [0, 0.1) is 0 Å². The summed E-state index contributed by atoms with van der Waals surface area (Å²) in [5, 5.41) is 2.86. The molecule has 1 saturated heterocycles. The second-order valence-corrected chi connectivity index (χ2v) is 10.3. The highest BCUT2D eigenvalue weighted by Crippen LogP contribution is 2.23. The van der Waals surface area contributed by atoms with Gasteiger partial charge in [0.05, 0.1) is 15.9 Å². The maximum atomic E-state index is 12.9. The lowest BCUT2D eigenvalue weighted by Gasteiger charge is -2.16. The first-order chi connectivity index (χ1) is 17.0. The highest BCUT2D eigenvalue weighted by Gasteiger charge is 2.27. The predicted octanol–water partition coefficient (Wildman–Crippen LogP) is 4.04. The Hall–Kier alpha value is -3.69. The Morgan fingerprint density at radius 1 is 0.914 bits per heavy atom. The van der Waals surface area contributed by atoms with Crippen molar-refractivity contribution in [2.45, 2.75) is 30.9 Å². The van der Waals surface area contributed by atoms with Crippen molar-refractivity contribution in [1.82, 2.24) is 13.9 Å². The molecule has 3 aromatic carbocycles. The van der Waals surface area contributed by atoms with E-state index >= 15 is 0 Å². The first-order valence-corrected chi connectivity index (χ1v) is 13.0. The van der Waals surface area contributed by atoms with Gasteiger partial charge in [0.25, 0.3) is 0 Å². The monoisotopic (exact) mass is 490 g/mol. The van der Waals surface area contributed by atoms with Gasteiger partial charge in [-0.2, -0.15) is 4.31 Å². The molecule has 5 rings (SSSR count). The Balaban J connectivity index is 1.30. The minimum absolute atomic E-state index is 0.0435. The summed E-state index contributed by atoms with van der Waals surface area (Å²) in [5.74, 6) is 1.11. The topological polar surface area (TPSA) is 93.5 Å². The number of rotatable bonds is 8. The van der Waals surface area contributed by atoms with Crippen molar-refractivity contribution in [3.05, 3.63) is 84.7 Å². The van der Waals surface area contributed by atoms with Crippen LogP contribution in [0.3, 0.4) is 0 Å². The molecule has 1 aromatic heterocycles. The molecule has 2 heterocycles. The Labute approximate surface area is 204 Å². The smallest absolute Gasteiger partial charge is 0.244 e. The molecular weight excluding hydrogens is 464 g/mol. The summed E-state index contributed by atoms with van der Waals surface area (Å²) in [6, 6.07) is 23.4. The molecule has 4 aromatic rings. The number of sulfonamides is 1. The molecular formula is C26H26N4O4S. The van der Waals surface area contributed by atoms with Gasteiger partial charge in [0.2, 0.25) is 15.9 Å². The maximum Gasteiger partial charge on any atom is 0.244 e. The van der Waals surface area contributed by atoms with Gasteiger partial charge in [0, 0.05) is 18.8 Å². The number of carbonyl (C=O) groups excluding carboxylic acids is 1. The molecule has 180 valence electrons. The van der Waals surface area contributed by atoms with Crippen LogP contribution in [0.25, 0.3) is 11.0 Å². The number of nitrogens with zero attached hydrogens (tertiary/aromatic N) is 3. The number of ether oxygens (including phenoxy) is 1. The van der Waals surface area contributed by atoms with Crippen LogP contribution in [0.4, 0.5) is 5.69 Å². The van der Waals surface area contributed by atoms with E-state index in [0.717, 1.165) is 29.6 Å². The molecule has 0 atom stereocenters. The first-order valence-electron chi connectivity index (χ1n) is 11.5. The average molecular weight is 491 g/mol. The summed E-state index contributed by atoms with van der Waals surface area (Å²) < 4.78 is 34.7. The number of fused-ring (bicyclic) bond motifs is 1. The van der Waals surface area contributed by atoms with Gasteiger partial charge >= 0.3 is 0 Å². The van der Waals surface area contributed by atoms with Crippen LogP contribution in [0.5, 0.6) is 5.75 Å². The van der Waals surface area contributed by atoms with Crippen molar-refractivity contribution in [2.24, 2.45) is 0 Å². The molecule has 8 nitrogen and oxygen atoms in total. The maximum absolute atomic E-state index is 12.9. The molecule has 1 fully saturated rings. The number of para-hydroxylation sites is 3. The number of carbonyl (C=O) groups is 1. The Bertz CT molecular complexity index is 1430. The molecule has 1 aliphatic heterocycles. The minimum atomic E-state index is -3.49. The van der Waals surface area contributed by atoms with Gasteiger partial charge in [-0.3, -0.25) is 4.79 Å².